The third-order valence-electron chi connectivity index (χ3n) is 9.49. The molecule has 0 fully saturated rings. The molecule has 2 aliphatic heterocycles. The second-order valence-electron chi connectivity index (χ2n) is 11.9. The smallest absolute Gasteiger partial charge is 0.415 e. The van der Waals surface area contributed by atoms with Crippen molar-refractivity contribution in [2.24, 2.45) is 0 Å². The highest BCUT2D eigenvalue weighted by atomic mass is 19.4. The van der Waals surface area contributed by atoms with E-state index in [-0.39, 0.29) is 17.1 Å². The van der Waals surface area contributed by atoms with Crippen LogP contribution < -0.4 is 4.74 Å². The van der Waals surface area contributed by atoms with Crippen LogP contribution in [0.3, 0.4) is 0 Å². The van der Waals surface area contributed by atoms with Crippen LogP contribution in [0.5, 0.6) is 5.75 Å². The van der Waals surface area contributed by atoms with Gasteiger partial charge in [-0.3, -0.25) is 0 Å². The summed E-state index contributed by atoms with van der Waals surface area (Å²) in [5.41, 5.74) is 13.8. The van der Waals surface area contributed by atoms with Crippen LogP contribution in [-0.4, -0.2) is 32.1 Å². The second kappa shape index (κ2) is 13.5. The van der Waals surface area contributed by atoms with E-state index in [0.717, 1.165) is 70.0 Å². The molecule has 0 saturated heterocycles. The summed E-state index contributed by atoms with van der Waals surface area (Å²) in [6, 6.07) is 6.21. The van der Waals surface area contributed by atoms with Gasteiger partial charge in [0.15, 0.2) is 5.75 Å². The van der Waals surface area contributed by atoms with E-state index >= 15 is 0 Å². The van der Waals surface area contributed by atoms with Gasteiger partial charge in [-0.1, -0.05) is 55.4 Å². The highest BCUT2D eigenvalue weighted by Gasteiger charge is 2.43. The minimum absolute atomic E-state index is 0.235. The molecule has 9 heteroatoms. The molecule has 0 aliphatic carbocycles. The number of carbonyl (C=O) groups is 1. The predicted molar refractivity (Wildman–Crippen MR) is 185 cm³/mol. The molecule has 0 radical (unpaired) electrons. The van der Waals surface area contributed by atoms with Crippen LogP contribution in [0.1, 0.15) is 126 Å². The van der Waals surface area contributed by atoms with Crippen molar-refractivity contribution in [2.75, 3.05) is 0 Å². The fourth-order valence-corrected chi connectivity index (χ4v) is 7.40. The fraction of sp³-hybridized carbons (Fsp3) is 0.447. The molecular formula is C38H45F3N4O2. The minimum Gasteiger partial charge on any atom is -0.415 e. The normalized spacial score (nSPS) is 13.6. The van der Waals surface area contributed by atoms with Gasteiger partial charge < -0.3 is 14.7 Å². The molecule has 0 unspecified atom stereocenters. The van der Waals surface area contributed by atoms with E-state index in [4.69, 9.17) is 14.7 Å². The predicted octanol–water partition coefficient (Wildman–Crippen LogP) is 10.5. The second-order valence-corrected chi connectivity index (χ2v) is 11.9. The molecule has 0 atom stereocenters. The van der Waals surface area contributed by atoms with E-state index in [0.29, 0.717) is 37.1 Å². The lowest BCUT2D eigenvalue weighted by atomic mass is 9.96. The molecule has 3 aromatic heterocycles. The van der Waals surface area contributed by atoms with Crippen LogP contribution in [0.25, 0.3) is 44.4 Å². The number of halogens is 3. The number of fused-ring (bicyclic) bond motifs is 8. The number of aromatic nitrogens is 4. The van der Waals surface area contributed by atoms with Gasteiger partial charge in [0.1, 0.15) is 11.4 Å². The monoisotopic (exact) mass is 646 g/mol. The number of hydrogen-bond donors (Lipinski definition) is 2. The van der Waals surface area contributed by atoms with Crippen molar-refractivity contribution in [1.82, 2.24) is 19.9 Å². The van der Waals surface area contributed by atoms with Crippen molar-refractivity contribution < 1.29 is 22.7 Å². The highest BCUT2D eigenvalue weighted by molar-refractivity contribution is 6.00. The number of nitrogens with zero attached hydrogens (tertiary/aromatic N) is 2. The lowest BCUT2D eigenvalue weighted by Crippen LogP contribution is -2.28. The van der Waals surface area contributed by atoms with E-state index in [2.05, 4.69) is 43.7 Å². The molecule has 2 aliphatic rings. The SMILES string of the molecule is CCC1=C(CC)c2nc1cc1[nH]c(cc3[nH]c(cc4nc(c2OC(=O)C(F)(F)F)C(CC)=C4CC)c(CC)c3CC)c(CC)c1CC. The molecule has 47 heavy (non-hydrogen) atoms. The molecule has 0 aromatic carbocycles. The van der Waals surface area contributed by atoms with Gasteiger partial charge in [0.05, 0.1) is 11.4 Å². The summed E-state index contributed by atoms with van der Waals surface area (Å²) >= 11 is 0. The first-order valence-electron chi connectivity index (χ1n) is 17.0. The van der Waals surface area contributed by atoms with Crippen LogP contribution in [-0.2, 0) is 30.5 Å². The lowest BCUT2D eigenvalue weighted by Gasteiger charge is -2.13. The maximum atomic E-state index is 13.8. The molecule has 2 N–H and O–H groups in total. The van der Waals surface area contributed by atoms with Gasteiger partial charge in [-0.25, -0.2) is 14.8 Å². The number of rotatable bonds is 9. The third-order valence-corrected chi connectivity index (χ3v) is 9.49. The minimum atomic E-state index is -5.19. The Kier molecular flexibility index (Phi) is 9.85. The Morgan fingerprint density at radius 2 is 0.915 bits per heavy atom. The van der Waals surface area contributed by atoms with Gasteiger partial charge in [-0.05, 0) is 114 Å². The summed E-state index contributed by atoms with van der Waals surface area (Å²) in [5.74, 6) is -2.52. The number of H-pyrrole nitrogens is 2. The Morgan fingerprint density at radius 3 is 1.21 bits per heavy atom. The van der Waals surface area contributed by atoms with Gasteiger partial charge >= 0.3 is 12.1 Å². The van der Waals surface area contributed by atoms with Gasteiger partial charge in [0.25, 0.3) is 0 Å². The van der Waals surface area contributed by atoms with Crippen LogP contribution in [0.2, 0.25) is 0 Å². The number of ether oxygens (including phenoxy) is 1. The summed E-state index contributed by atoms with van der Waals surface area (Å²) in [7, 11) is 0. The first-order chi connectivity index (χ1) is 22.5. The van der Waals surface area contributed by atoms with Crippen molar-refractivity contribution in [3.05, 3.63) is 63.2 Å². The van der Waals surface area contributed by atoms with E-state index in [1.54, 1.807) is 0 Å². The number of carbonyl (C=O) groups excluding carboxylic acids is 1. The topological polar surface area (TPSA) is 83.7 Å². The Balaban J connectivity index is 2.10. The van der Waals surface area contributed by atoms with E-state index in [1.807, 2.05) is 39.8 Å². The van der Waals surface area contributed by atoms with E-state index < -0.39 is 12.1 Å². The van der Waals surface area contributed by atoms with Gasteiger partial charge in [-0.2, -0.15) is 13.2 Å². The number of hydrogen-bond acceptors (Lipinski definition) is 4. The lowest BCUT2D eigenvalue weighted by molar-refractivity contribution is -0.189. The number of nitrogens with one attached hydrogen (secondary N) is 2. The Hall–Kier alpha value is -4.14. The van der Waals surface area contributed by atoms with E-state index in [9.17, 15) is 18.0 Å². The van der Waals surface area contributed by atoms with Crippen LogP contribution in [0.4, 0.5) is 13.2 Å². The fourth-order valence-electron chi connectivity index (χ4n) is 7.40. The first-order valence-corrected chi connectivity index (χ1v) is 17.0. The average Bonchev–Trinajstić information content (AvgIpc) is 3.77. The van der Waals surface area contributed by atoms with E-state index in [1.165, 1.54) is 22.3 Å². The average molecular weight is 647 g/mol. The number of aryl methyl sites for hydroxylation is 4. The summed E-state index contributed by atoms with van der Waals surface area (Å²) in [5, 5.41) is 0. The number of esters is 1. The van der Waals surface area contributed by atoms with Crippen molar-refractivity contribution in [1.29, 1.82) is 0 Å². The molecule has 3 aromatic rings. The first kappa shape index (κ1) is 34.2. The molecular weight excluding hydrogens is 601 g/mol. The van der Waals surface area contributed by atoms with Gasteiger partial charge in [-0.15, -0.1) is 0 Å². The van der Waals surface area contributed by atoms with Crippen molar-refractivity contribution in [2.45, 2.75) is 113 Å². The molecule has 6 nitrogen and oxygen atoms in total. The Labute approximate surface area is 274 Å². The maximum absolute atomic E-state index is 13.8. The Morgan fingerprint density at radius 1 is 0.574 bits per heavy atom. The van der Waals surface area contributed by atoms with Gasteiger partial charge in [0, 0.05) is 22.1 Å². The largest absolute Gasteiger partial charge is 0.491 e. The Bertz CT molecular complexity index is 1830. The van der Waals surface area contributed by atoms with Crippen LogP contribution in [0, 0.1) is 0 Å². The molecule has 5 heterocycles. The highest BCUT2D eigenvalue weighted by Crippen LogP contribution is 2.45. The number of aromatic amines is 2. The molecule has 0 saturated carbocycles. The quantitative estimate of drug-likeness (QED) is 0.227. The molecule has 0 spiro atoms. The van der Waals surface area contributed by atoms with Crippen LogP contribution >= 0.6 is 0 Å². The maximum Gasteiger partial charge on any atom is 0.491 e. The molecule has 5 rings (SSSR count). The summed E-state index contributed by atoms with van der Waals surface area (Å²) in [6.07, 6.45) is 0.222. The molecule has 8 bridgehead atoms. The van der Waals surface area contributed by atoms with Crippen molar-refractivity contribution in [3.8, 4) is 5.75 Å². The van der Waals surface area contributed by atoms with Gasteiger partial charge in [0.2, 0.25) is 0 Å². The zero-order valence-corrected chi connectivity index (χ0v) is 28.7. The summed E-state index contributed by atoms with van der Waals surface area (Å²) in [4.78, 5) is 29.8. The zero-order chi connectivity index (χ0) is 34.2. The summed E-state index contributed by atoms with van der Waals surface area (Å²) in [6.45, 7) is 16.5. The molecule has 0 amide bonds. The zero-order valence-electron chi connectivity index (χ0n) is 28.7. The van der Waals surface area contributed by atoms with Crippen molar-refractivity contribution in [3.63, 3.8) is 0 Å². The number of alkyl halides is 3. The number of allylic oxidation sites excluding steroid dienone is 4. The third kappa shape index (κ3) is 5.93. The summed E-state index contributed by atoms with van der Waals surface area (Å²) < 4.78 is 46.8. The standard InChI is InChI=1S/C38H45F3N4O2/c1-9-20-22(11-3)30-18-32-24(13-5)26(15-7)34(44-32)36(47-37(46)38(39,40)41)35-27(16-8)25(14-6)33(45-35)19-31-23(12-4)21(10-2)29(43-31)17-28(20)42-30/h17-19,42-43H,9-16H2,1-8H3. The van der Waals surface area contributed by atoms with Crippen LogP contribution in [0.15, 0.2) is 18.2 Å². The van der Waals surface area contributed by atoms with Crippen molar-refractivity contribution >= 4 is 50.3 Å². The molecule has 250 valence electrons.